The molecule has 8 rings (SSSR count). The quantitative estimate of drug-likeness (QED) is 0.150. The fourth-order valence-electron chi connectivity index (χ4n) is 8.60. The van der Waals surface area contributed by atoms with Crippen molar-refractivity contribution in [2.45, 2.75) is 69.9 Å². The summed E-state index contributed by atoms with van der Waals surface area (Å²) in [6.07, 6.45) is 13.3. The van der Waals surface area contributed by atoms with Gasteiger partial charge in [0.1, 0.15) is 23.1 Å². The smallest absolute Gasteiger partial charge is 0.253 e. The number of carbonyl (C=O) groups is 1. The number of aryl methyl sites for hydroxylation is 1. The zero-order chi connectivity index (χ0) is 34.7. The van der Waals surface area contributed by atoms with Gasteiger partial charge in [0.15, 0.2) is 0 Å². The number of nitrogens with one attached hydrogen (secondary N) is 2. The van der Waals surface area contributed by atoms with Crippen LogP contribution in [0.4, 0.5) is 11.5 Å². The Hall–Kier alpha value is -4.73. The van der Waals surface area contributed by atoms with Gasteiger partial charge in [-0.3, -0.25) is 9.59 Å². The molecule has 2 aliphatic heterocycles. The Balaban J connectivity index is 1.07. The molecule has 2 aliphatic carbocycles. The standard InChI is InChI=1S/C40H49N5O5/c1-44-19-17-31(21-37(44)47)50-27-39-23-40(24-39,45(26-39)36(46)15-12-28-8-5-4-6-9-28)25-43-34-11-7-10-33-32(34)16-18-41-38(33)42-22-29-13-14-30(48-2)20-35(29)49-3/h7,10-11,13-14,16-21,28,43H,4-6,8-9,12,15,22-27H2,1-3H3,(H,41,42). The predicted octanol–water partition coefficient (Wildman–Crippen LogP) is 6.78. The maximum absolute atomic E-state index is 13.9. The summed E-state index contributed by atoms with van der Waals surface area (Å²) >= 11 is 0. The zero-order valence-electron chi connectivity index (χ0n) is 29.5. The van der Waals surface area contributed by atoms with E-state index in [0.717, 1.165) is 58.6 Å². The molecule has 50 heavy (non-hydrogen) atoms. The van der Waals surface area contributed by atoms with Crippen LogP contribution in [-0.4, -0.2) is 59.8 Å². The monoisotopic (exact) mass is 679 g/mol. The molecule has 2 bridgehead atoms. The highest BCUT2D eigenvalue weighted by Gasteiger charge is 2.66. The minimum absolute atomic E-state index is 0.0952. The first-order valence-corrected chi connectivity index (χ1v) is 18.0. The van der Waals surface area contributed by atoms with Crippen molar-refractivity contribution in [3.05, 3.63) is 82.9 Å². The molecule has 2 aromatic carbocycles. The molecule has 10 nitrogen and oxygen atoms in total. The summed E-state index contributed by atoms with van der Waals surface area (Å²) in [5, 5.41) is 9.36. The maximum atomic E-state index is 13.9. The number of nitrogens with zero attached hydrogens (tertiary/aromatic N) is 3. The Morgan fingerprint density at radius 1 is 0.960 bits per heavy atom. The lowest BCUT2D eigenvalue weighted by Crippen LogP contribution is -2.56. The lowest BCUT2D eigenvalue weighted by molar-refractivity contribution is -0.135. The average Bonchev–Trinajstić information content (AvgIpc) is 3.64. The van der Waals surface area contributed by atoms with Crippen molar-refractivity contribution < 1.29 is 19.0 Å². The molecule has 2 saturated heterocycles. The number of hydrogen-bond donors (Lipinski definition) is 2. The number of aromatic nitrogens is 2. The highest BCUT2D eigenvalue weighted by molar-refractivity contribution is 6.00. The summed E-state index contributed by atoms with van der Waals surface area (Å²) in [7, 11) is 5.04. The zero-order valence-corrected chi connectivity index (χ0v) is 29.5. The molecule has 4 aliphatic rings. The van der Waals surface area contributed by atoms with Crippen molar-refractivity contribution in [1.29, 1.82) is 0 Å². The van der Waals surface area contributed by atoms with Gasteiger partial charge < -0.3 is 34.3 Å². The molecule has 0 atom stereocenters. The van der Waals surface area contributed by atoms with Crippen LogP contribution in [0.3, 0.4) is 0 Å². The van der Waals surface area contributed by atoms with Gasteiger partial charge >= 0.3 is 0 Å². The Kier molecular flexibility index (Phi) is 9.62. The Bertz CT molecular complexity index is 1900. The minimum Gasteiger partial charge on any atom is -0.497 e. The summed E-state index contributed by atoms with van der Waals surface area (Å²) in [5.41, 5.74) is 1.52. The summed E-state index contributed by atoms with van der Waals surface area (Å²) in [5.74, 6) is 3.79. The number of rotatable bonds is 14. The summed E-state index contributed by atoms with van der Waals surface area (Å²) in [6.45, 7) is 2.37. The molecule has 0 unspecified atom stereocenters. The van der Waals surface area contributed by atoms with Gasteiger partial charge in [-0.2, -0.15) is 0 Å². The molecule has 2 N–H and O–H groups in total. The first kappa shape index (κ1) is 33.8. The molecule has 4 fully saturated rings. The Morgan fingerprint density at radius 2 is 1.80 bits per heavy atom. The van der Waals surface area contributed by atoms with Gasteiger partial charge in [0.2, 0.25) is 5.91 Å². The molecule has 2 saturated carbocycles. The van der Waals surface area contributed by atoms with E-state index in [2.05, 4.69) is 32.7 Å². The molecule has 10 heteroatoms. The Morgan fingerprint density at radius 3 is 2.58 bits per heavy atom. The summed E-state index contributed by atoms with van der Waals surface area (Å²) in [6, 6.07) is 17.5. The van der Waals surface area contributed by atoms with Gasteiger partial charge in [-0.1, -0.05) is 44.2 Å². The van der Waals surface area contributed by atoms with Gasteiger partial charge in [0, 0.05) is 85.1 Å². The molecule has 2 aromatic heterocycles. The SMILES string of the molecule is COc1ccc(CNc2nccc3c(NCC45CC(COc6ccn(C)c(=O)c6)(CN4C(=O)CCC4CCCCC4)C5)cccc23)c(OC)c1. The van der Waals surface area contributed by atoms with Crippen LogP contribution in [0.25, 0.3) is 10.8 Å². The second-order valence-electron chi connectivity index (χ2n) is 14.6. The number of hydrogen-bond acceptors (Lipinski definition) is 8. The van der Waals surface area contributed by atoms with Gasteiger partial charge in [-0.15, -0.1) is 0 Å². The Labute approximate surface area is 294 Å². The van der Waals surface area contributed by atoms with E-state index in [1.165, 1.54) is 42.7 Å². The van der Waals surface area contributed by atoms with Gasteiger partial charge in [0.25, 0.3) is 5.56 Å². The highest BCUT2D eigenvalue weighted by atomic mass is 16.5. The van der Waals surface area contributed by atoms with Crippen LogP contribution in [-0.2, 0) is 18.4 Å². The topological polar surface area (TPSA) is 107 Å². The van der Waals surface area contributed by atoms with Crippen molar-refractivity contribution >= 4 is 28.2 Å². The van der Waals surface area contributed by atoms with E-state index >= 15 is 0 Å². The number of amides is 1. The van der Waals surface area contributed by atoms with Crippen LogP contribution in [0.15, 0.2) is 71.8 Å². The molecular formula is C40H49N5O5. The molecule has 4 heterocycles. The van der Waals surface area contributed by atoms with Crippen LogP contribution < -0.4 is 30.4 Å². The minimum atomic E-state index is -0.277. The first-order valence-electron chi connectivity index (χ1n) is 18.0. The fourth-order valence-corrected chi connectivity index (χ4v) is 8.60. The average molecular weight is 680 g/mol. The first-order chi connectivity index (χ1) is 24.3. The second kappa shape index (κ2) is 14.2. The number of benzene rings is 2. The third kappa shape index (κ3) is 6.85. The van der Waals surface area contributed by atoms with Crippen LogP contribution in [0.1, 0.15) is 63.4 Å². The number of pyridine rings is 2. The van der Waals surface area contributed by atoms with E-state index in [-0.39, 0.29) is 22.4 Å². The van der Waals surface area contributed by atoms with Gasteiger partial charge in [-0.05, 0) is 55.5 Å². The van der Waals surface area contributed by atoms with Crippen LogP contribution in [0.5, 0.6) is 17.2 Å². The molecular weight excluding hydrogens is 630 g/mol. The van der Waals surface area contributed by atoms with Gasteiger partial charge in [-0.25, -0.2) is 4.98 Å². The molecule has 1 amide bonds. The lowest BCUT2D eigenvalue weighted by atomic mass is 9.62. The summed E-state index contributed by atoms with van der Waals surface area (Å²) < 4.78 is 18.7. The molecule has 0 spiro atoms. The van der Waals surface area contributed by atoms with Crippen LogP contribution in [0, 0.1) is 11.3 Å². The number of ether oxygens (including phenoxy) is 3. The van der Waals surface area contributed by atoms with E-state index in [1.807, 2.05) is 42.6 Å². The fraction of sp³-hybridized carbons (Fsp3) is 0.475. The van der Waals surface area contributed by atoms with Crippen LogP contribution in [0.2, 0.25) is 0 Å². The van der Waals surface area contributed by atoms with Crippen molar-refractivity contribution in [2.75, 3.05) is 44.5 Å². The third-order valence-corrected chi connectivity index (χ3v) is 11.2. The van der Waals surface area contributed by atoms with E-state index in [0.29, 0.717) is 44.3 Å². The molecule has 4 aromatic rings. The number of methoxy groups -OCH3 is 2. The molecule has 264 valence electrons. The van der Waals surface area contributed by atoms with Crippen molar-refractivity contribution in [2.24, 2.45) is 18.4 Å². The van der Waals surface area contributed by atoms with Crippen molar-refractivity contribution in [3.63, 3.8) is 0 Å². The van der Waals surface area contributed by atoms with E-state index < -0.39 is 0 Å². The number of carbonyl (C=O) groups excluding carboxylic acids is 1. The number of fused-ring (bicyclic) bond motifs is 2. The lowest BCUT2D eigenvalue weighted by Gasteiger charge is -2.48. The van der Waals surface area contributed by atoms with Crippen LogP contribution >= 0.6 is 0 Å². The van der Waals surface area contributed by atoms with E-state index in [1.54, 1.807) is 27.5 Å². The molecule has 0 radical (unpaired) electrons. The second-order valence-corrected chi connectivity index (χ2v) is 14.6. The largest absolute Gasteiger partial charge is 0.497 e. The van der Waals surface area contributed by atoms with E-state index in [9.17, 15) is 9.59 Å². The highest BCUT2D eigenvalue weighted by Crippen LogP contribution is 2.60. The van der Waals surface area contributed by atoms with Gasteiger partial charge in [0.05, 0.1) is 26.4 Å². The normalized spacial score (nSPS) is 21.5. The van der Waals surface area contributed by atoms with Crippen molar-refractivity contribution in [3.8, 4) is 17.2 Å². The third-order valence-electron chi connectivity index (χ3n) is 11.2. The number of anilines is 2. The summed E-state index contributed by atoms with van der Waals surface area (Å²) in [4.78, 5) is 33.0. The van der Waals surface area contributed by atoms with Crippen molar-refractivity contribution in [1.82, 2.24) is 14.5 Å². The maximum Gasteiger partial charge on any atom is 0.253 e. The predicted molar refractivity (Wildman–Crippen MR) is 196 cm³/mol. The van der Waals surface area contributed by atoms with E-state index in [4.69, 9.17) is 14.2 Å².